The summed E-state index contributed by atoms with van der Waals surface area (Å²) < 4.78 is 56.7. The quantitative estimate of drug-likeness (QED) is 0.396. The minimum absolute atomic E-state index is 0.00714. The Balaban J connectivity index is 2.02. The molecule has 0 saturated carbocycles. The number of nitrogens with zero attached hydrogens (tertiary/aromatic N) is 2. The number of sulfone groups is 1. The van der Waals surface area contributed by atoms with Crippen molar-refractivity contribution in [2.45, 2.75) is 9.79 Å². The van der Waals surface area contributed by atoms with E-state index in [0.29, 0.717) is 0 Å². The second kappa shape index (κ2) is 7.87. The van der Waals surface area contributed by atoms with Crippen LogP contribution in [0.1, 0.15) is 0 Å². The van der Waals surface area contributed by atoms with Crippen LogP contribution in [0.25, 0.3) is 10.8 Å². The standard InChI is InChI=1S/C18H16N2O7S2/c21-9-10-28(23,24)13-7-5-12(6-8-13)19-20-16-11-17(29(25,26)27)14-3-1-2-4-15(14)18(16)22/h1-8,11,21-22H,9-10H2,(H,25,26,27). The number of phenolic OH excluding ortho intramolecular Hbond substituents is 1. The molecule has 0 saturated heterocycles. The Kier molecular flexibility index (Phi) is 5.66. The maximum absolute atomic E-state index is 11.9. The van der Waals surface area contributed by atoms with Crippen molar-refractivity contribution in [3.63, 3.8) is 0 Å². The van der Waals surface area contributed by atoms with Gasteiger partial charge in [0.05, 0.1) is 22.9 Å². The zero-order valence-corrected chi connectivity index (χ0v) is 16.4. The number of hydrogen-bond acceptors (Lipinski definition) is 8. The molecule has 3 N–H and O–H groups in total. The van der Waals surface area contributed by atoms with Crippen molar-refractivity contribution in [3.05, 3.63) is 54.6 Å². The first kappa shape index (κ1) is 20.9. The van der Waals surface area contributed by atoms with Gasteiger partial charge < -0.3 is 10.2 Å². The van der Waals surface area contributed by atoms with E-state index in [2.05, 4.69) is 10.2 Å². The van der Waals surface area contributed by atoms with Crippen LogP contribution < -0.4 is 0 Å². The summed E-state index contributed by atoms with van der Waals surface area (Å²) in [7, 11) is -8.18. The Morgan fingerprint density at radius 3 is 2.07 bits per heavy atom. The lowest BCUT2D eigenvalue weighted by Gasteiger charge is -2.08. The molecule has 0 heterocycles. The van der Waals surface area contributed by atoms with Crippen molar-refractivity contribution in [3.8, 4) is 5.75 Å². The van der Waals surface area contributed by atoms with Crippen molar-refractivity contribution in [1.82, 2.24) is 0 Å². The van der Waals surface area contributed by atoms with Gasteiger partial charge in [0.1, 0.15) is 10.6 Å². The van der Waals surface area contributed by atoms with Gasteiger partial charge in [-0.15, -0.1) is 5.11 Å². The number of benzene rings is 3. The summed E-state index contributed by atoms with van der Waals surface area (Å²) >= 11 is 0. The summed E-state index contributed by atoms with van der Waals surface area (Å²) in [5.74, 6) is -0.726. The fourth-order valence-corrected chi connectivity index (χ4v) is 4.42. The van der Waals surface area contributed by atoms with E-state index >= 15 is 0 Å². The summed E-state index contributed by atoms with van der Waals surface area (Å²) in [6.45, 7) is -0.499. The molecule has 0 spiro atoms. The lowest BCUT2D eigenvalue weighted by atomic mass is 10.1. The monoisotopic (exact) mass is 436 g/mol. The van der Waals surface area contributed by atoms with Crippen molar-refractivity contribution in [2.75, 3.05) is 12.4 Å². The summed E-state index contributed by atoms with van der Waals surface area (Å²) in [6, 6.07) is 12.4. The van der Waals surface area contributed by atoms with E-state index in [4.69, 9.17) is 5.11 Å². The molecule has 0 unspecified atom stereocenters. The number of azo groups is 1. The van der Waals surface area contributed by atoms with Crippen LogP contribution in [0, 0.1) is 0 Å². The Morgan fingerprint density at radius 1 is 0.862 bits per heavy atom. The zero-order valence-electron chi connectivity index (χ0n) is 14.8. The van der Waals surface area contributed by atoms with Crippen LogP contribution in [-0.2, 0) is 20.0 Å². The first-order valence-electron chi connectivity index (χ1n) is 8.21. The summed E-state index contributed by atoms with van der Waals surface area (Å²) in [5, 5.41) is 27.2. The molecule has 0 aliphatic rings. The molecule has 0 radical (unpaired) electrons. The molecule has 0 amide bonds. The lowest BCUT2D eigenvalue weighted by molar-refractivity contribution is 0.319. The van der Waals surface area contributed by atoms with Gasteiger partial charge in [-0.2, -0.15) is 13.5 Å². The molecule has 3 rings (SSSR count). The second-order valence-corrected chi connectivity index (χ2v) is 9.50. The molecule has 0 aliphatic heterocycles. The third kappa shape index (κ3) is 4.43. The van der Waals surface area contributed by atoms with Crippen molar-refractivity contribution < 1.29 is 31.6 Å². The Labute approximate surface area is 166 Å². The van der Waals surface area contributed by atoms with E-state index in [1.165, 1.54) is 36.4 Å². The minimum atomic E-state index is -4.58. The molecule has 3 aromatic rings. The lowest BCUT2D eigenvalue weighted by Crippen LogP contribution is -2.09. The number of rotatable bonds is 6. The molecule has 3 aromatic carbocycles. The van der Waals surface area contributed by atoms with Gasteiger partial charge in [0.15, 0.2) is 15.6 Å². The molecule has 29 heavy (non-hydrogen) atoms. The van der Waals surface area contributed by atoms with Gasteiger partial charge in [-0.3, -0.25) is 4.55 Å². The fraction of sp³-hybridized carbons (Fsp3) is 0.111. The third-order valence-electron chi connectivity index (χ3n) is 4.07. The average molecular weight is 436 g/mol. The predicted molar refractivity (Wildman–Crippen MR) is 105 cm³/mol. The average Bonchev–Trinajstić information content (AvgIpc) is 2.67. The molecule has 0 bridgehead atoms. The molecule has 0 aromatic heterocycles. The number of aliphatic hydroxyl groups is 1. The number of hydrogen-bond donors (Lipinski definition) is 3. The first-order valence-corrected chi connectivity index (χ1v) is 11.3. The number of aromatic hydroxyl groups is 1. The predicted octanol–water partition coefficient (Wildman–Crippen LogP) is 2.97. The van der Waals surface area contributed by atoms with Gasteiger partial charge in [-0.25, -0.2) is 8.42 Å². The Morgan fingerprint density at radius 2 is 1.48 bits per heavy atom. The van der Waals surface area contributed by atoms with Gasteiger partial charge in [-0.1, -0.05) is 24.3 Å². The molecular weight excluding hydrogens is 420 g/mol. The summed E-state index contributed by atoms with van der Waals surface area (Å²) in [6.07, 6.45) is 0. The highest BCUT2D eigenvalue weighted by atomic mass is 32.2. The molecular formula is C18H16N2O7S2. The summed E-state index contributed by atoms with van der Waals surface area (Å²) in [5.41, 5.74) is 0.0576. The largest absolute Gasteiger partial charge is 0.505 e. The normalized spacial score (nSPS) is 12.6. The van der Waals surface area contributed by atoms with Crippen LogP contribution in [-0.4, -0.2) is 44.0 Å². The number of aliphatic hydroxyl groups excluding tert-OH is 1. The van der Waals surface area contributed by atoms with Crippen molar-refractivity contribution in [1.29, 1.82) is 0 Å². The van der Waals surface area contributed by atoms with Crippen molar-refractivity contribution >= 4 is 42.1 Å². The maximum Gasteiger partial charge on any atom is 0.295 e. The van der Waals surface area contributed by atoms with Crippen LogP contribution in [0.2, 0.25) is 0 Å². The maximum atomic E-state index is 11.9. The molecule has 9 nitrogen and oxygen atoms in total. The highest BCUT2D eigenvalue weighted by Gasteiger charge is 2.19. The molecule has 0 aliphatic carbocycles. The van der Waals surface area contributed by atoms with E-state index in [1.807, 2.05) is 0 Å². The third-order valence-corrected chi connectivity index (χ3v) is 6.67. The van der Waals surface area contributed by atoms with Gasteiger partial charge in [0.2, 0.25) is 0 Å². The summed E-state index contributed by atoms with van der Waals surface area (Å²) in [4.78, 5) is -0.419. The van der Waals surface area contributed by atoms with E-state index in [-0.39, 0.29) is 32.8 Å². The van der Waals surface area contributed by atoms with E-state index in [0.717, 1.165) is 6.07 Å². The zero-order chi connectivity index (χ0) is 21.2. The SMILES string of the molecule is O=S(=O)(O)c1cc(N=Nc2ccc(S(=O)(=O)CCO)cc2)c(O)c2ccccc12. The Hall–Kier alpha value is -2.86. The highest BCUT2D eigenvalue weighted by molar-refractivity contribution is 7.91. The van der Waals surface area contributed by atoms with Crippen LogP contribution >= 0.6 is 0 Å². The van der Waals surface area contributed by atoms with E-state index < -0.39 is 37.2 Å². The highest BCUT2D eigenvalue weighted by Crippen LogP contribution is 2.39. The smallest absolute Gasteiger partial charge is 0.295 e. The van der Waals surface area contributed by atoms with Gasteiger partial charge in [0.25, 0.3) is 10.1 Å². The van der Waals surface area contributed by atoms with Gasteiger partial charge in [-0.05, 0) is 30.3 Å². The minimum Gasteiger partial charge on any atom is -0.505 e. The van der Waals surface area contributed by atoms with Crippen LogP contribution in [0.4, 0.5) is 11.4 Å². The van der Waals surface area contributed by atoms with Crippen LogP contribution in [0.5, 0.6) is 5.75 Å². The van der Waals surface area contributed by atoms with E-state index in [1.54, 1.807) is 12.1 Å². The number of phenols is 1. The molecule has 152 valence electrons. The van der Waals surface area contributed by atoms with Gasteiger partial charge in [0, 0.05) is 10.8 Å². The number of fused-ring (bicyclic) bond motifs is 1. The second-order valence-electron chi connectivity index (χ2n) is 6.00. The van der Waals surface area contributed by atoms with Crippen molar-refractivity contribution in [2.24, 2.45) is 10.2 Å². The topological polar surface area (TPSA) is 154 Å². The molecule has 0 atom stereocenters. The van der Waals surface area contributed by atoms with Crippen LogP contribution in [0.3, 0.4) is 0 Å². The van der Waals surface area contributed by atoms with Gasteiger partial charge >= 0.3 is 0 Å². The fourth-order valence-electron chi connectivity index (χ4n) is 2.67. The molecule has 11 heteroatoms. The van der Waals surface area contributed by atoms with Crippen LogP contribution in [0.15, 0.2) is 74.6 Å². The molecule has 0 fully saturated rings. The first-order chi connectivity index (χ1) is 13.6. The van der Waals surface area contributed by atoms with E-state index in [9.17, 15) is 26.5 Å². The Bertz CT molecular complexity index is 1300.